The Kier molecular flexibility index (Phi) is 4.36. The van der Waals surface area contributed by atoms with E-state index in [0.29, 0.717) is 10.9 Å². The number of amides is 2. The first kappa shape index (κ1) is 17.2. The van der Waals surface area contributed by atoms with Crippen molar-refractivity contribution in [2.45, 2.75) is 24.9 Å². The summed E-state index contributed by atoms with van der Waals surface area (Å²) in [5.74, 6) is -0.954. The molecule has 8 heteroatoms. The van der Waals surface area contributed by atoms with Crippen LogP contribution in [0, 0.1) is 0 Å². The van der Waals surface area contributed by atoms with Gasteiger partial charge in [-0.3, -0.25) is 9.59 Å². The van der Waals surface area contributed by atoms with Crippen LogP contribution in [0.5, 0.6) is 0 Å². The highest BCUT2D eigenvalue weighted by Gasteiger charge is 2.36. The molecular weight excluding hydrogens is 335 g/mol. The molecule has 5 nitrogen and oxygen atoms in total. The number of halogens is 3. The van der Waals surface area contributed by atoms with Gasteiger partial charge < -0.3 is 10.6 Å². The number of alkyl halides is 3. The van der Waals surface area contributed by atoms with Crippen molar-refractivity contribution >= 4 is 22.7 Å². The normalized spacial score (nSPS) is 14.4. The van der Waals surface area contributed by atoms with Gasteiger partial charge in [-0.1, -0.05) is 6.07 Å². The topological polar surface area (TPSA) is 71.1 Å². The molecule has 0 spiro atoms. The second-order valence-electron chi connectivity index (χ2n) is 5.96. The van der Waals surface area contributed by atoms with Crippen LogP contribution in [0.4, 0.5) is 13.2 Å². The fraction of sp³-hybridized carbons (Fsp3) is 0.353. The number of likely N-dealkylation sites (N-methyl/N-ethyl adjacent to an activating group) is 1. The molecule has 0 bridgehead atoms. The van der Waals surface area contributed by atoms with Crippen molar-refractivity contribution in [3.63, 3.8) is 0 Å². The number of nitrogens with zero attached hydrogens (tertiary/aromatic N) is 1. The van der Waals surface area contributed by atoms with Gasteiger partial charge in [-0.15, -0.1) is 0 Å². The summed E-state index contributed by atoms with van der Waals surface area (Å²) in [6.45, 7) is -0.276. The number of benzene rings is 1. The zero-order chi connectivity index (χ0) is 18.2. The van der Waals surface area contributed by atoms with Crippen molar-refractivity contribution in [2.24, 2.45) is 0 Å². The van der Waals surface area contributed by atoms with Gasteiger partial charge in [0.15, 0.2) is 0 Å². The largest absolute Gasteiger partial charge is 0.418 e. The summed E-state index contributed by atoms with van der Waals surface area (Å²) >= 11 is 0. The Hall–Kier alpha value is -2.64. The Labute approximate surface area is 141 Å². The monoisotopic (exact) mass is 351 g/mol. The van der Waals surface area contributed by atoms with Crippen LogP contribution in [0.2, 0.25) is 0 Å². The number of carbonyl (C=O) groups is 2. The van der Waals surface area contributed by atoms with Gasteiger partial charge in [0.05, 0.1) is 17.6 Å². The second kappa shape index (κ2) is 6.34. The molecule has 0 atom stereocenters. The summed E-state index contributed by atoms with van der Waals surface area (Å²) in [6.07, 6.45) is -2.79. The molecule has 2 aromatic rings. The molecule has 3 rings (SSSR count). The van der Waals surface area contributed by atoms with Crippen LogP contribution in [-0.2, 0) is 11.0 Å². The van der Waals surface area contributed by atoms with Gasteiger partial charge in [-0.2, -0.15) is 13.2 Å². The van der Waals surface area contributed by atoms with Crippen LogP contribution in [-0.4, -0.2) is 30.4 Å². The first-order valence-corrected chi connectivity index (χ1v) is 7.80. The quantitative estimate of drug-likeness (QED) is 0.890. The zero-order valence-electron chi connectivity index (χ0n) is 13.4. The Morgan fingerprint density at radius 3 is 2.56 bits per heavy atom. The highest BCUT2D eigenvalue weighted by atomic mass is 19.4. The number of pyridine rings is 1. The van der Waals surface area contributed by atoms with E-state index in [1.165, 1.54) is 19.2 Å². The maximum Gasteiger partial charge on any atom is 0.418 e. The molecule has 1 saturated carbocycles. The molecule has 1 aliphatic rings. The average molecular weight is 351 g/mol. The van der Waals surface area contributed by atoms with E-state index in [9.17, 15) is 22.8 Å². The third kappa shape index (κ3) is 3.72. The molecule has 1 heterocycles. The molecule has 0 radical (unpaired) electrons. The van der Waals surface area contributed by atoms with Crippen molar-refractivity contribution in [3.8, 4) is 0 Å². The second-order valence-corrected chi connectivity index (χ2v) is 5.96. The minimum Gasteiger partial charge on any atom is -0.358 e. The van der Waals surface area contributed by atoms with E-state index in [1.54, 1.807) is 6.07 Å². The maximum absolute atomic E-state index is 13.4. The molecule has 2 N–H and O–H groups in total. The van der Waals surface area contributed by atoms with E-state index in [2.05, 4.69) is 15.6 Å². The Morgan fingerprint density at radius 2 is 1.96 bits per heavy atom. The molecule has 1 fully saturated rings. The van der Waals surface area contributed by atoms with E-state index >= 15 is 0 Å². The van der Waals surface area contributed by atoms with Gasteiger partial charge in [0.2, 0.25) is 5.91 Å². The number of fused-ring (bicyclic) bond motifs is 1. The Balaban J connectivity index is 1.99. The summed E-state index contributed by atoms with van der Waals surface area (Å²) in [5.41, 5.74) is -0.614. The molecule has 0 saturated heterocycles. The fourth-order valence-corrected chi connectivity index (χ4v) is 2.59. The van der Waals surface area contributed by atoms with E-state index in [4.69, 9.17) is 0 Å². The van der Waals surface area contributed by atoms with Gasteiger partial charge in [0.1, 0.15) is 5.69 Å². The van der Waals surface area contributed by atoms with Crippen LogP contribution in [0.3, 0.4) is 0 Å². The van der Waals surface area contributed by atoms with E-state index in [1.807, 2.05) is 0 Å². The highest BCUT2D eigenvalue weighted by Crippen LogP contribution is 2.44. The lowest BCUT2D eigenvalue weighted by Gasteiger charge is -2.13. The fourth-order valence-electron chi connectivity index (χ4n) is 2.59. The van der Waals surface area contributed by atoms with Crippen LogP contribution >= 0.6 is 0 Å². The molecule has 2 amide bonds. The van der Waals surface area contributed by atoms with Crippen LogP contribution in [0.15, 0.2) is 24.3 Å². The van der Waals surface area contributed by atoms with Crippen molar-refractivity contribution in [1.82, 2.24) is 15.6 Å². The zero-order valence-corrected chi connectivity index (χ0v) is 13.4. The van der Waals surface area contributed by atoms with Crippen LogP contribution in [0.1, 0.15) is 40.4 Å². The molecular formula is C17H16F3N3O2. The standard InChI is InChI=1S/C17H16F3N3O2/c1-21-14(24)8-22-16(25)13-5-4-10-6-11(9-2-3-9)7-12(15(10)23-13)17(18,19)20/h4-7,9H,2-3,8H2,1H3,(H,21,24)(H,22,25). The van der Waals surface area contributed by atoms with Crippen molar-refractivity contribution < 1.29 is 22.8 Å². The lowest BCUT2D eigenvalue weighted by molar-refractivity contribution is -0.136. The van der Waals surface area contributed by atoms with Crippen molar-refractivity contribution in [2.75, 3.05) is 13.6 Å². The third-order valence-electron chi connectivity index (χ3n) is 4.09. The Bertz CT molecular complexity index is 845. The molecule has 0 aliphatic heterocycles. The van der Waals surface area contributed by atoms with Crippen molar-refractivity contribution in [1.29, 1.82) is 0 Å². The summed E-state index contributed by atoms with van der Waals surface area (Å²) in [6, 6.07) is 5.64. The molecule has 25 heavy (non-hydrogen) atoms. The summed E-state index contributed by atoms with van der Waals surface area (Å²) < 4.78 is 40.3. The first-order valence-electron chi connectivity index (χ1n) is 7.80. The number of aromatic nitrogens is 1. The third-order valence-corrected chi connectivity index (χ3v) is 4.09. The number of rotatable bonds is 4. The molecule has 0 unspecified atom stereocenters. The summed E-state index contributed by atoms with van der Waals surface area (Å²) in [5, 5.41) is 4.99. The molecule has 1 aliphatic carbocycles. The van der Waals surface area contributed by atoms with Crippen LogP contribution in [0.25, 0.3) is 10.9 Å². The van der Waals surface area contributed by atoms with E-state index in [0.717, 1.165) is 18.9 Å². The minimum atomic E-state index is -4.56. The number of carbonyl (C=O) groups excluding carboxylic acids is 2. The first-order chi connectivity index (χ1) is 11.8. The molecule has 1 aromatic carbocycles. The average Bonchev–Trinajstić information content (AvgIpc) is 3.42. The summed E-state index contributed by atoms with van der Waals surface area (Å²) in [4.78, 5) is 27.1. The number of hydrogen-bond donors (Lipinski definition) is 2. The van der Waals surface area contributed by atoms with Gasteiger partial charge in [-0.05, 0) is 42.5 Å². The predicted octanol–water partition coefficient (Wildman–Crippen LogP) is 2.61. The van der Waals surface area contributed by atoms with Crippen molar-refractivity contribution in [3.05, 3.63) is 41.1 Å². The minimum absolute atomic E-state index is 0.166. The number of nitrogens with one attached hydrogen (secondary N) is 2. The maximum atomic E-state index is 13.4. The Morgan fingerprint density at radius 1 is 1.24 bits per heavy atom. The lowest BCUT2D eigenvalue weighted by atomic mass is 10.0. The smallest absolute Gasteiger partial charge is 0.358 e. The van der Waals surface area contributed by atoms with Gasteiger partial charge in [0, 0.05) is 12.4 Å². The molecule has 132 valence electrons. The van der Waals surface area contributed by atoms with Gasteiger partial charge in [0.25, 0.3) is 5.91 Å². The van der Waals surface area contributed by atoms with Gasteiger partial charge >= 0.3 is 6.18 Å². The number of hydrogen-bond acceptors (Lipinski definition) is 3. The van der Waals surface area contributed by atoms with E-state index < -0.39 is 23.6 Å². The summed E-state index contributed by atoms with van der Waals surface area (Å²) in [7, 11) is 1.41. The molecule has 1 aromatic heterocycles. The lowest BCUT2D eigenvalue weighted by Crippen LogP contribution is -2.35. The predicted molar refractivity (Wildman–Crippen MR) is 85.1 cm³/mol. The van der Waals surface area contributed by atoms with Crippen LogP contribution < -0.4 is 10.6 Å². The van der Waals surface area contributed by atoms with E-state index in [-0.39, 0.29) is 23.7 Å². The SMILES string of the molecule is CNC(=O)CNC(=O)c1ccc2cc(C3CC3)cc(C(F)(F)F)c2n1. The van der Waals surface area contributed by atoms with Gasteiger partial charge in [-0.25, -0.2) is 4.98 Å². The highest BCUT2D eigenvalue weighted by molar-refractivity contribution is 5.97.